The monoisotopic (exact) mass is 256 g/mol. The van der Waals surface area contributed by atoms with E-state index in [1.807, 2.05) is 6.07 Å². The second-order valence-corrected chi connectivity index (χ2v) is 4.82. The van der Waals surface area contributed by atoms with E-state index in [0.29, 0.717) is 23.9 Å². The van der Waals surface area contributed by atoms with Gasteiger partial charge in [0.1, 0.15) is 0 Å². The number of hydrogen-bond acceptors (Lipinski definition) is 4. The summed E-state index contributed by atoms with van der Waals surface area (Å²) in [5, 5.41) is 13.5. The number of hydrogen-bond donors (Lipinski definition) is 3. The van der Waals surface area contributed by atoms with E-state index in [4.69, 9.17) is 22.1 Å². The number of rotatable bonds is 3. The van der Waals surface area contributed by atoms with Crippen LogP contribution < -0.4 is 11.1 Å². The lowest BCUT2D eigenvalue weighted by Gasteiger charge is -2.37. The molecule has 1 aliphatic rings. The second kappa shape index (κ2) is 5.12. The molecule has 0 bridgehead atoms. The fraction of sp³-hybridized carbons (Fsp3) is 0.500. The summed E-state index contributed by atoms with van der Waals surface area (Å²) in [5.41, 5.74) is 6.74. The number of nitrogens with two attached hydrogens (primary N) is 1. The molecular formula is C12H17ClN2O2. The zero-order chi connectivity index (χ0) is 12.3. The molecule has 0 aliphatic carbocycles. The van der Waals surface area contributed by atoms with Crippen LogP contribution in [0.3, 0.4) is 0 Å². The van der Waals surface area contributed by atoms with Crippen molar-refractivity contribution in [2.45, 2.75) is 18.4 Å². The van der Waals surface area contributed by atoms with Gasteiger partial charge in [-0.1, -0.05) is 11.6 Å². The molecule has 1 aromatic carbocycles. The van der Waals surface area contributed by atoms with Crippen molar-refractivity contribution < 1.29 is 9.84 Å². The highest BCUT2D eigenvalue weighted by Crippen LogP contribution is 2.31. The Labute approximate surface area is 106 Å². The number of nitrogens with one attached hydrogen (secondary N) is 1. The number of nitrogen functional groups attached to an aromatic ring is 1. The van der Waals surface area contributed by atoms with E-state index in [1.165, 1.54) is 0 Å². The largest absolute Gasteiger partial charge is 0.399 e. The first-order valence-electron chi connectivity index (χ1n) is 5.67. The third kappa shape index (κ3) is 2.83. The molecule has 1 saturated heterocycles. The van der Waals surface area contributed by atoms with Gasteiger partial charge in [0.2, 0.25) is 0 Å². The number of anilines is 2. The summed E-state index contributed by atoms with van der Waals surface area (Å²) in [5.74, 6) is 0. The minimum absolute atomic E-state index is 0.0665. The van der Waals surface area contributed by atoms with E-state index in [0.717, 1.165) is 18.5 Å². The summed E-state index contributed by atoms with van der Waals surface area (Å²) in [6.45, 7) is 1.37. The SMILES string of the molecule is Nc1ccc(NC2(CO)CCOCC2)c(Cl)c1. The van der Waals surface area contributed by atoms with Crippen LogP contribution in [-0.4, -0.2) is 30.5 Å². The van der Waals surface area contributed by atoms with E-state index >= 15 is 0 Å². The van der Waals surface area contributed by atoms with Crippen molar-refractivity contribution in [2.75, 3.05) is 30.9 Å². The Bertz CT molecular complexity index is 392. The van der Waals surface area contributed by atoms with Crippen LogP contribution in [0.2, 0.25) is 5.02 Å². The Balaban J connectivity index is 2.17. The maximum atomic E-state index is 9.56. The highest BCUT2D eigenvalue weighted by Gasteiger charge is 2.32. The molecule has 17 heavy (non-hydrogen) atoms. The Morgan fingerprint density at radius 2 is 2.12 bits per heavy atom. The zero-order valence-electron chi connectivity index (χ0n) is 9.58. The van der Waals surface area contributed by atoms with Gasteiger partial charge in [0, 0.05) is 18.9 Å². The normalized spacial score (nSPS) is 18.9. The summed E-state index contributed by atoms with van der Waals surface area (Å²) < 4.78 is 5.31. The molecule has 2 rings (SSSR count). The van der Waals surface area contributed by atoms with Crippen LogP contribution in [-0.2, 0) is 4.74 Å². The van der Waals surface area contributed by atoms with Gasteiger partial charge < -0.3 is 20.9 Å². The average molecular weight is 257 g/mol. The molecule has 0 amide bonds. The Morgan fingerprint density at radius 3 is 2.71 bits per heavy atom. The van der Waals surface area contributed by atoms with Crippen molar-refractivity contribution in [1.29, 1.82) is 0 Å². The maximum absolute atomic E-state index is 9.56. The van der Waals surface area contributed by atoms with Gasteiger partial charge in [0.15, 0.2) is 0 Å². The molecule has 0 unspecified atom stereocenters. The van der Waals surface area contributed by atoms with Crippen molar-refractivity contribution in [1.82, 2.24) is 0 Å². The maximum Gasteiger partial charge on any atom is 0.0663 e. The molecular weight excluding hydrogens is 240 g/mol. The third-order valence-electron chi connectivity index (χ3n) is 3.15. The number of halogens is 1. The lowest BCUT2D eigenvalue weighted by atomic mass is 9.90. The fourth-order valence-electron chi connectivity index (χ4n) is 2.00. The second-order valence-electron chi connectivity index (χ2n) is 4.42. The van der Waals surface area contributed by atoms with Gasteiger partial charge in [-0.2, -0.15) is 0 Å². The van der Waals surface area contributed by atoms with Crippen molar-refractivity contribution in [3.8, 4) is 0 Å². The molecule has 1 aromatic rings. The van der Waals surface area contributed by atoms with Gasteiger partial charge in [0.05, 0.1) is 22.9 Å². The molecule has 0 saturated carbocycles. The molecule has 4 nitrogen and oxygen atoms in total. The van der Waals surface area contributed by atoms with Crippen molar-refractivity contribution in [3.05, 3.63) is 23.2 Å². The molecule has 0 atom stereocenters. The van der Waals surface area contributed by atoms with Crippen LogP contribution in [0, 0.1) is 0 Å². The first-order valence-corrected chi connectivity index (χ1v) is 6.05. The van der Waals surface area contributed by atoms with Crippen LogP contribution in [0.25, 0.3) is 0 Å². The topological polar surface area (TPSA) is 67.5 Å². The number of aliphatic hydroxyl groups excluding tert-OH is 1. The Hall–Kier alpha value is -0.970. The zero-order valence-corrected chi connectivity index (χ0v) is 10.3. The van der Waals surface area contributed by atoms with Gasteiger partial charge >= 0.3 is 0 Å². The minimum atomic E-state index is -0.335. The summed E-state index contributed by atoms with van der Waals surface area (Å²) in [4.78, 5) is 0. The van der Waals surface area contributed by atoms with Crippen LogP contribution in [0.5, 0.6) is 0 Å². The molecule has 1 aliphatic heterocycles. The smallest absolute Gasteiger partial charge is 0.0663 e. The predicted molar refractivity (Wildman–Crippen MR) is 69.4 cm³/mol. The molecule has 0 aromatic heterocycles. The van der Waals surface area contributed by atoms with Crippen molar-refractivity contribution in [2.24, 2.45) is 0 Å². The predicted octanol–water partition coefficient (Wildman–Crippen LogP) is 1.88. The van der Waals surface area contributed by atoms with Gasteiger partial charge in [-0.05, 0) is 31.0 Å². The Kier molecular flexibility index (Phi) is 3.76. The van der Waals surface area contributed by atoms with E-state index < -0.39 is 0 Å². The highest BCUT2D eigenvalue weighted by atomic mass is 35.5. The van der Waals surface area contributed by atoms with E-state index in [1.54, 1.807) is 12.1 Å². The molecule has 4 N–H and O–H groups in total. The van der Waals surface area contributed by atoms with Gasteiger partial charge in [-0.15, -0.1) is 0 Å². The van der Waals surface area contributed by atoms with Gasteiger partial charge in [-0.3, -0.25) is 0 Å². The molecule has 94 valence electrons. The van der Waals surface area contributed by atoms with E-state index in [2.05, 4.69) is 5.32 Å². The van der Waals surface area contributed by atoms with Crippen LogP contribution in [0.15, 0.2) is 18.2 Å². The van der Waals surface area contributed by atoms with Crippen LogP contribution in [0.1, 0.15) is 12.8 Å². The van der Waals surface area contributed by atoms with Gasteiger partial charge in [-0.25, -0.2) is 0 Å². The highest BCUT2D eigenvalue weighted by molar-refractivity contribution is 6.33. The number of aliphatic hydroxyl groups is 1. The van der Waals surface area contributed by atoms with Gasteiger partial charge in [0.25, 0.3) is 0 Å². The van der Waals surface area contributed by atoms with E-state index in [9.17, 15) is 5.11 Å². The number of benzene rings is 1. The molecule has 5 heteroatoms. The third-order valence-corrected chi connectivity index (χ3v) is 3.46. The fourth-order valence-corrected chi connectivity index (χ4v) is 2.24. The summed E-state index contributed by atoms with van der Waals surface area (Å²) in [6, 6.07) is 5.33. The average Bonchev–Trinajstić information content (AvgIpc) is 2.34. The van der Waals surface area contributed by atoms with E-state index in [-0.39, 0.29) is 12.1 Å². The minimum Gasteiger partial charge on any atom is -0.399 e. The first kappa shape index (κ1) is 12.5. The standard InChI is InChI=1S/C12H17ClN2O2/c13-10-7-9(14)1-2-11(10)15-12(8-16)3-5-17-6-4-12/h1-2,7,15-16H,3-6,8,14H2. The molecule has 1 fully saturated rings. The van der Waals surface area contributed by atoms with Crippen molar-refractivity contribution in [3.63, 3.8) is 0 Å². The molecule has 0 spiro atoms. The molecule has 0 radical (unpaired) electrons. The first-order chi connectivity index (χ1) is 8.15. The number of ether oxygens (including phenoxy) is 1. The summed E-state index contributed by atoms with van der Waals surface area (Å²) >= 11 is 6.11. The lowest BCUT2D eigenvalue weighted by molar-refractivity contribution is 0.0380. The van der Waals surface area contributed by atoms with Crippen LogP contribution in [0.4, 0.5) is 11.4 Å². The summed E-state index contributed by atoms with van der Waals surface area (Å²) in [7, 11) is 0. The quantitative estimate of drug-likeness (QED) is 0.723. The van der Waals surface area contributed by atoms with Crippen LogP contribution >= 0.6 is 11.6 Å². The summed E-state index contributed by atoms with van der Waals surface area (Å²) in [6.07, 6.45) is 1.54. The lowest BCUT2D eigenvalue weighted by Crippen LogP contribution is -2.46. The van der Waals surface area contributed by atoms with Crippen molar-refractivity contribution >= 4 is 23.0 Å². The molecule has 1 heterocycles. The Morgan fingerprint density at radius 1 is 1.41 bits per heavy atom.